The zero-order valence-corrected chi connectivity index (χ0v) is 17.6. The van der Waals surface area contributed by atoms with Crippen LogP contribution in [0.5, 0.6) is 0 Å². The predicted octanol–water partition coefficient (Wildman–Crippen LogP) is 7.31. The van der Waals surface area contributed by atoms with Crippen molar-refractivity contribution < 1.29 is 0 Å². The van der Waals surface area contributed by atoms with Gasteiger partial charge in [-0.25, -0.2) is 0 Å². The summed E-state index contributed by atoms with van der Waals surface area (Å²) in [6.07, 6.45) is 26.6. The quantitative estimate of drug-likeness (QED) is 0.254. The van der Waals surface area contributed by atoms with Gasteiger partial charge in [0.25, 0.3) is 0 Å². The van der Waals surface area contributed by atoms with Crippen LogP contribution in [0, 0.1) is 0 Å². The van der Waals surface area contributed by atoms with Crippen LogP contribution in [0.15, 0.2) is 12.4 Å². The molecule has 0 saturated heterocycles. The van der Waals surface area contributed by atoms with E-state index < -0.39 is 0 Å². The maximum atomic E-state index is 2.55. The summed E-state index contributed by atoms with van der Waals surface area (Å²) < 4.78 is 0. The summed E-state index contributed by atoms with van der Waals surface area (Å²) in [4.78, 5) is 5.01. The Kier molecular flexibility index (Phi) is 14.0. The molecule has 0 radical (unpaired) electrons. The molecule has 0 aromatic carbocycles. The van der Waals surface area contributed by atoms with E-state index in [1.54, 1.807) is 0 Å². The van der Waals surface area contributed by atoms with Gasteiger partial charge in [-0.3, -0.25) is 0 Å². The largest absolute Gasteiger partial charge is 0.356 e. The second-order valence-electron chi connectivity index (χ2n) is 7.85. The number of hydrogen-bond acceptors (Lipinski definition) is 2. The third kappa shape index (κ3) is 10.2. The zero-order valence-electron chi connectivity index (χ0n) is 17.6. The molecule has 148 valence electrons. The van der Waals surface area contributed by atoms with Crippen LogP contribution in [-0.2, 0) is 0 Å². The van der Waals surface area contributed by atoms with Gasteiger partial charge in [-0.2, -0.15) is 0 Å². The van der Waals surface area contributed by atoms with Crippen LogP contribution in [0.3, 0.4) is 0 Å². The summed E-state index contributed by atoms with van der Waals surface area (Å²) in [6, 6.07) is 0. The van der Waals surface area contributed by atoms with E-state index in [0.29, 0.717) is 6.17 Å². The molecule has 1 unspecified atom stereocenters. The average molecular weight is 351 g/mol. The van der Waals surface area contributed by atoms with Gasteiger partial charge in [0, 0.05) is 25.5 Å². The van der Waals surface area contributed by atoms with Crippen molar-refractivity contribution >= 4 is 0 Å². The lowest BCUT2D eigenvalue weighted by molar-refractivity contribution is 0.151. The summed E-state index contributed by atoms with van der Waals surface area (Å²) >= 11 is 0. The first kappa shape index (κ1) is 22.4. The van der Waals surface area contributed by atoms with Crippen molar-refractivity contribution in [2.75, 3.05) is 13.1 Å². The van der Waals surface area contributed by atoms with Crippen molar-refractivity contribution in [2.45, 2.75) is 123 Å². The van der Waals surface area contributed by atoms with E-state index in [4.69, 9.17) is 0 Å². The third-order valence-corrected chi connectivity index (χ3v) is 5.72. The van der Waals surface area contributed by atoms with E-state index in [1.165, 1.54) is 103 Å². The van der Waals surface area contributed by atoms with Gasteiger partial charge < -0.3 is 9.80 Å². The molecule has 1 heterocycles. The Labute approximate surface area is 159 Å². The fourth-order valence-corrected chi connectivity index (χ4v) is 4.06. The predicted molar refractivity (Wildman–Crippen MR) is 113 cm³/mol. The molecule has 0 saturated carbocycles. The van der Waals surface area contributed by atoms with Gasteiger partial charge in [-0.15, -0.1) is 0 Å². The van der Waals surface area contributed by atoms with Crippen LogP contribution in [0.1, 0.15) is 117 Å². The highest BCUT2D eigenvalue weighted by atomic mass is 15.4. The topological polar surface area (TPSA) is 6.48 Å². The summed E-state index contributed by atoms with van der Waals surface area (Å²) in [5.41, 5.74) is 0. The molecular weight excluding hydrogens is 304 g/mol. The van der Waals surface area contributed by atoms with Crippen molar-refractivity contribution in [3.63, 3.8) is 0 Å². The molecule has 2 nitrogen and oxygen atoms in total. The van der Waals surface area contributed by atoms with E-state index in [9.17, 15) is 0 Å². The average Bonchev–Trinajstić information content (AvgIpc) is 3.04. The van der Waals surface area contributed by atoms with Gasteiger partial charge in [0.2, 0.25) is 0 Å². The number of hydrogen-bond donors (Lipinski definition) is 0. The molecule has 0 fully saturated rings. The molecule has 0 amide bonds. The Bertz CT molecular complexity index is 313. The van der Waals surface area contributed by atoms with Crippen molar-refractivity contribution in [1.82, 2.24) is 9.80 Å². The molecule has 0 aromatic heterocycles. The number of nitrogens with zero attached hydrogens (tertiary/aromatic N) is 2. The van der Waals surface area contributed by atoms with Crippen LogP contribution in [0.4, 0.5) is 0 Å². The second kappa shape index (κ2) is 15.6. The molecule has 25 heavy (non-hydrogen) atoms. The van der Waals surface area contributed by atoms with Gasteiger partial charge in [-0.1, -0.05) is 97.3 Å². The van der Waals surface area contributed by atoms with Gasteiger partial charge in [-0.05, 0) is 19.8 Å². The minimum absolute atomic E-state index is 0.618. The Morgan fingerprint density at radius 2 is 1.00 bits per heavy atom. The van der Waals surface area contributed by atoms with E-state index in [-0.39, 0.29) is 0 Å². The molecule has 2 heteroatoms. The van der Waals surface area contributed by atoms with Crippen LogP contribution >= 0.6 is 0 Å². The molecule has 0 aromatic rings. The lowest BCUT2D eigenvalue weighted by Gasteiger charge is -2.31. The zero-order chi connectivity index (χ0) is 18.2. The Balaban J connectivity index is 1.83. The van der Waals surface area contributed by atoms with Crippen LogP contribution in [0.25, 0.3) is 0 Å². The first-order chi connectivity index (χ1) is 12.3. The van der Waals surface area contributed by atoms with Crippen LogP contribution in [-0.4, -0.2) is 29.1 Å². The van der Waals surface area contributed by atoms with E-state index >= 15 is 0 Å². The Morgan fingerprint density at radius 1 is 0.560 bits per heavy atom. The minimum Gasteiger partial charge on any atom is -0.356 e. The van der Waals surface area contributed by atoms with Gasteiger partial charge in [0.15, 0.2) is 0 Å². The number of rotatable bonds is 17. The highest BCUT2D eigenvalue weighted by molar-refractivity contribution is 4.95. The highest BCUT2D eigenvalue weighted by Gasteiger charge is 2.22. The van der Waals surface area contributed by atoms with Gasteiger partial charge in [0.1, 0.15) is 6.17 Å². The molecule has 1 aliphatic heterocycles. The number of unbranched alkanes of at least 4 members (excludes halogenated alkanes) is 13. The fourth-order valence-electron chi connectivity index (χ4n) is 4.06. The summed E-state index contributed by atoms with van der Waals surface area (Å²) in [6.45, 7) is 9.22. The van der Waals surface area contributed by atoms with Crippen molar-refractivity contribution in [3.8, 4) is 0 Å². The first-order valence-corrected chi connectivity index (χ1v) is 11.5. The third-order valence-electron chi connectivity index (χ3n) is 5.72. The summed E-state index contributed by atoms with van der Waals surface area (Å²) in [5.74, 6) is 0. The maximum absolute atomic E-state index is 2.55. The normalized spacial score (nSPS) is 17.0. The van der Waals surface area contributed by atoms with Crippen molar-refractivity contribution in [1.29, 1.82) is 0 Å². The Hall–Kier alpha value is -0.660. The lowest BCUT2D eigenvalue weighted by Crippen LogP contribution is -2.38. The van der Waals surface area contributed by atoms with Crippen molar-refractivity contribution in [2.24, 2.45) is 0 Å². The first-order valence-electron chi connectivity index (χ1n) is 11.5. The van der Waals surface area contributed by atoms with Gasteiger partial charge in [0.05, 0.1) is 0 Å². The van der Waals surface area contributed by atoms with E-state index in [2.05, 4.69) is 43.0 Å². The van der Waals surface area contributed by atoms with Crippen molar-refractivity contribution in [3.05, 3.63) is 12.4 Å². The maximum Gasteiger partial charge on any atom is 0.100 e. The van der Waals surface area contributed by atoms with E-state index in [1.807, 2.05) is 0 Å². The minimum atomic E-state index is 0.618. The summed E-state index contributed by atoms with van der Waals surface area (Å²) in [7, 11) is 0. The molecule has 0 N–H and O–H groups in total. The molecule has 0 bridgehead atoms. The summed E-state index contributed by atoms with van der Waals surface area (Å²) in [5, 5.41) is 0. The van der Waals surface area contributed by atoms with Crippen LogP contribution in [0.2, 0.25) is 0 Å². The van der Waals surface area contributed by atoms with E-state index in [0.717, 1.165) is 6.54 Å². The highest BCUT2D eigenvalue weighted by Crippen LogP contribution is 2.19. The van der Waals surface area contributed by atoms with Gasteiger partial charge >= 0.3 is 0 Å². The SMILES string of the molecule is CCCCCCCCCCCCCCCCN1C=CN(CC)C1CC. The fraction of sp³-hybridized carbons (Fsp3) is 0.913. The second-order valence-corrected chi connectivity index (χ2v) is 7.85. The smallest absolute Gasteiger partial charge is 0.100 e. The molecule has 0 spiro atoms. The van der Waals surface area contributed by atoms with Crippen LogP contribution < -0.4 is 0 Å². The molecule has 1 rings (SSSR count). The molecule has 0 aliphatic carbocycles. The lowest BCUT2D eigenvalue weighted by atomic mass is 10.0. The monoisotopic (exact) mass is 350 g/mol. The standard InChI is InChI=1S/C23H46N2/c1-4-7-8-9-10-11-12-13-14-15-16-17-18-19-20-25-22-21-24(6-3)23(25)5-2/h21-23H,4-20H2,1-3H3. The molecule has 1 atom stereocenters. The Morgan fingerprint density at radius 3 is 1.44 bits per heavy atom. The molecule has 1 aliphatic rings. The molecular formula is C23H46N2.